The molecule has 0 spiro atoms. The van der Waals surface area contributed by atoms with Gasteiger partial charge in [0.25, 0.3) is 0 Å². The number of aromatic nitrogens is 2. The van der Waals surface area contributed by atoms with Gasteiger partial charge in [-0.3, -0.25) is 0 Å². The minimum absolute atomic E-state index is 0.0690. The van der Waals surface area contributed by atoms with Crippen LogP contribution in [0.3, 0.4) is 0 Å². The van der Waals surface area contributed by atoms with Gasteiger partial charge in [-0.25, -0.2) is 8.42 Å². The highest BCUT2D eigenvalue weighted by Crippen LogP contribution is 2.31. The average Bonchev–Trinajstić information content (AvgIpc) is 2.62. The number of hydrogen-bond acceptors (Lipinski definition) is 6. The normalized spacial score (nSPS) is 13.8. The lowest BCUT2D eigenvalue weighted by atomic mass is 10.1. The molecule has 0 aliphatic heterocycles. The van der Waals surface area contributed by atoms with Crippen molar-refractivity contribution in [3.8, 4) is 0 Å². The summed E-state index contributed by atoms with van der Waals surface area (Å²) in [7, 11) is -3.19. The van der Waals surface area contributed by atoms with Gasteiger partial charge >= 0.3 is 0 Å². The minimum Gasteiger partial charge on any atom is -0.312 e. The Morgan fingerprint density at radius 2 is 1.74 bits per heavy atom. The van der Waals surface area contributed by atoms with E-state index in [1.165, 1.54) is 17.6 Å². The van der Waals surface area contributed by atoms with Crippen LogP contribution in [0.25, 0.3) is 0 Å². The van der Waals surface area contributed by atoms with Crippen LogP contribution in [0.4, 0.5) is 0 Å². The number of rotatable bonds is 5. The van der Waals surface area contributed by atoms with E-state index in [2.05, 4.69) is 36.3 Å². The van der Waals surface area contributed by atoms with E-state index in [1.54, 1.807) is 13.8 Å². The number of hydrogen-bond donors (Lipinski definition) is 1. The van der Waals surface area contributed by atoms with Crippen LogP contribution in [-0.2, 0) is 21.0 Å². The van der Waals surface area contributed by atoms with Crippen LogP contribution in [0.2, 0.25) is 0 Å². The Bertz CT molecular complexity index is 527. The zero-order valence-electron chi connectivity index (χ0n) is 12.4. The van der Waals surface area contributed by atoms with Crippen molar-refractivity contribution in [2.45, 2.75) is 51.3 Å². The summed E-state index contributed by atoms with van der Waals surface area (Å²) in [6, 6.07) is 0. The van der Waals surface area contributed by atoms with Gasteiger partial charge in [0.15, 0.2) is 9.84 Å². The summed E-state index contributed by atoms with van der Waals surface area (Å²) in [4.78, 5) is 0. The van der Waals surface area contributed by atoms with Crippen LogP contribution in [0.1, 0.15) is 44.6 Å². The summed E-state index contributed by atoms with van der Waals surface area (Å²) in [5, 5.41) is 12.9. The lowest BCUT2D eigenvalue weighted by Gasteiger charge is -2.20. The van der Waals surface area contributed by atoms with Crippen LogP contribution in [-0.4, -0.2) is 37.0 Å². The maximum atomic E-state index is 11.7. The van der Waals surface area contributed by atoms with Crippen molar-refractivity contribution in [1.82, 2.24) is 15.5 Å². The second-order valence-corrected chi connectivity index (χ2v) is 9.84. The van der Waals surface area contributed by atoms with Gasteiger partial charge in [0.1, 0.15) is 14.8 Å². The summed E-state index contributed by atoms with van der Waals surface area (Å²) < 4.78 is 22.5. The molecule has 1 rings (SSSR count). The molecule has 0 aliphatic carbocycles. The molecule has 0 aromatic carbocycles. The number of sulfone groups is 1. The molecule has 110 valence electrons. The highest BCUT2D eigenvalue weighted by molar-refractivity contribution is 7.91. The fraction of sp³-hybridized carbons (Fsp3) is 0.833. The predicted octanol–water partition coefficient (Wildman–Crippen LogP) is 1.75. The Labute approximate surface area is 119 Å². The molecule has 0 fully saturated rings. The van der Waals surface area contributed by atoms with Gasteiger partial charge in [0, 0.05) is 24.8 Å². The van der Waals surface area contributed by atoms with Crippen LogP contribution >= 0.6 is 11.3 Å². The van der Waals surface area contributed by atoms with E-state index in [-0.39, 0.29) is 5.54 Å². The van der Waals surface area contributed by atoms with Gasteiger partial charge in [0.05, 0.1) is 0 Å². The molecular formula is C12H23N3O2S2. The second kappa shape index (κ2) is 5.46. The van der Waals surface area contributed by atoms with Gasteiger partial charge in [-0.15, -0.1) is 10.2 Å². The zero-order chi connectivity index (χ0) is 14.9. The Kier molecular flexibility index (Phi) is 4.75. The third-order valence-corrected chi connectivity index (χ3v) is 6.39. The zero-order valence-corrected chi connectivity index (χ0v) is 14.1. The van der Waals surface area contributed by atoms with E-state index in [1.807, 2.05) is 0 Å². The Balaban J connectivity index is 2.73. The van der Waals surface area contributed by atoms with Gasteiger partial charge in [-0.1, -0.05) is 11.3 Å². The molecular weight excluding hydrogens is 282 g/mol. The summed E-state index contributed by atoms with van der Waals surface area (Å²) in [6.45, 7) is 10.4. The standard InChI is InChI=1S/C12H23N3O2S2/c1-11(2,3)13-8-7-9-14-15-10(18-9)12(4,5)19(6,16)17/h13H,7-8H2,1-6H3. The molecule has 5 nitrogen and oxygen atoms in total. The molecule has 0 saturated heterocycles. The maximum Gasteiger partial charge on any atom is 0.159 e. The van der Waals surface area contributed by atoms with Crippen molar-refractivity contribution < 1.29 is 8.42 Å². The lowest BCUT2D eigenvalue weighted by molar-refractivity contribution is 0.429. The van der Waals surface area contributed by atoms with E-state index < -0.39 is 14.6 Å². The van der Waals surface area contributed by atoms with Crippen molar-refractivity contribution in [2.75, 3.05) is 12.8 Å². The topological polar surface area (TPSA) is 72.0 Å². The van der Waals surface area contributed by atoms with Gasteiger partial charge in [0.2, 0.25) is 0 Å². The minimum atomic E-state index is -3.19. The molecule has 1 N–H and O–H groups in total. The Hall–Kier alpha value is -0.530. The van der Waals surface area contributed by atoms with Crippen LogP contribution in [0, 0.1) is 0 Å². The Morgan fingerprint density at radius 3 is 2.21 bits per heavy atom. The average molecular weight is 305 g/mol. The molecule has 0 atom stereocenters. The predicted molar refractivity (Wildman–Crippen MR) is 79.2 cm³/mol. The SMILES string of the molecule is CC(C)(C)NCCc1nnc(C(C)(C)S(C)(=O)=O)s1. The van der Waals surface area contributed by atoms with Crippen LogP contribution < -0.4 is 5.32 Å². The first-order valence-electron chi connectivity index (χ1n) is 6.21. The van der Waals surface area contributed by atoms with Crippen molar-refractivity contribution in [3.63, 3.8) is 0 Å². The highest BCUT2D eigenvalue weighted by Gasteiger charge is 2.36. The van der Waals surface area contributed by atoms with Crippen molar-refractivity contribution in [3.05, 3.63) is 10.0 Å². The monoisotopic (exact) mass is 305 g/mol. The first-order chi connectivity index (χ1) is 8.43. The molecule has 0 saturated carbocycles. The third-order valence-electron chi connectivity index (χ3n) is 2.90. The van der Waals surface area contributed by atoms with E-state index in [9.17, 15) is 8.42 Å². The van der Waals surface area contributed by atoms with E-state index in [0.29, 0.717) is 5.01 Å². The highest BCUT2D eigenvalue weighted by atomic mass is 32.2. The third kappa shape index (κ3) is 4.50. The molecule has 0 unspecified atom stereocenters. The molecule has 1 aromatic heterocycles. The summed E-state index contributed by atoms with van der Waals surface area (Å²) in [5.41, 5.74) is 0.0690. The number of nitrogens with zero attached hydrogens (tertiary/aromatic N) is 2. The largest absolute Gasteiger partial charge is 0.312 e. The smallest absolute Gasteiger partial charge is 0.159 e. The molecule has 0 amide bonds. The number of nitrogens with one attached hydrogen (secondary N) is 1. The van der Waals surface area contributed by atoms with Gasteiger partial charge in [-0.2, -0.15) is 0 Å². The maximum absolute atomic E-state index is 11.7. The van der Waals surface area contributed by atoms with Crippen LogP contribution in [0.15, 0.2) is 0 Å². The lowest BCUT2D eigenvalue weighted by Crippen LogP contribution is -2.37. The van der Waals surface area contributed by atoms with Gasteiger partial charge < -0.3 is 5.32 Å². The van der Waals surface area contributed by atoms with Gasteiger partial charge in [-0.05, 0) is 34.6 Å². The van der Waals surface area contributed by atoms with Crippen molar-refractivity contribution >= 4 is 21.2 Å². The first kappa shape index (κ1) is 16.5. The molecule has 0 bridgehead atoms. The second-order valence-electron chi connectivity index (χ2n) is 6.21. The fourth-order valence-corrected chi connectivity index (χ4v) is 3.07. The van der Waals surface area contributed by atoms with E-state index >= 15 is 0 Å². The Morgan fingerprint density at radius 1 is 1.16 bits per heavy atom. The van der Waals surface area contributed by atoms with E-state index in [4.69, 9.17) is 0 Å². The molecule has 0 radical (unpaired) electrons. The quantitative estimate of drug-likeness (QED) is 0.897. The first-order valence-corrected chi connectivity index (χ1v) is 8.92. The van der Waals surface area contributed by atoms with E-state index in [0.717, 1.165) is 18.0 Å². The van der Waals surface area contributed by atoms with Crippen molar-refractivity contribution in [2.24, 2.45) is 0 Å². The molecule has 1 aromatic rings. The summed E-state index contributed by atoms with van der Waals surface area (Å²) >= 11 is 1.38. The molecule has 0 aliphatic rings. The van der Waals surface area contributed by atoms with Crippen LogP contribution in [0.5, 0.6) is 0 Å². The molecule has 1 heterocycles. The molecule has 19 heavy (non-hydrogen) atoms. The fourth-order valence-electron chi connectivity index (χ4n) is 1.30. The summed E-state index contributed by atoms with van der Waals surface area (Å²) in [5.74, 6) is 0. The van der Waals surface area contributed by atoms with Crippen molar-refractivity contribution in [1.29, 1.82) is 0 Å². The molecule has 7 heteroatoms. The summed E-state index contributed by atoms with van der Waals surface area (Å²) in [6.07, 6.45) is 1.99.